The van der Waals surface area contributed by atoms with Crippen molar-refractivity contribution >= 4 is 6.41 Å². The van der Waals surface area contributed by atoms with E-state index in [2.05, 4.69) is 24.3 Å². The van der Waals surface area contributed by atoms with E-state index in [0.29, 0.717) is 0 Å². The van der Waals surface area contributed by atoms with Gasteiger partial charge >= 0.3 is 0 Å². The maximum Gasteiger partial charge on any atom is 0.209 e. The number of carbonyl (C=O) groups excluding carboxylic acids is 1. The maximum absolute atomic E-state index is 9.43. The molecule has 0 aromatic carbocycles. The minimum Gasteiger partial charge on any atom is -0.351 e. The fourth-order valence-electron chi connectivity index (χ4n) is 0.542. The van der Waals surface area contributed by atoms with Gasteiger partial charge in [-0.3, -0.25) is 4.79 Å². The molecule has 0 fully saturated rings. The van der Waals surface area contributed by atoms with Crippen LogP contribution in [0.3, 0.4) is 0 Å². The molecule has 1 aliphatic rings. The summed E-state index contributed by atoms with van der Waals surface area (Å²) in [6.07, 6.45) is 11.8. The van der Waals surface area contributed by atoms with E-state index < -0.39 is 0 Å². The second kappa shape index (κ2) is 7.06. The normalized spacial score (nSPS) is 13.3. The second-order valence-electron chi connectivity index (χ2n) is 2.48. The quantitative estimate of drug-likeness (QED) is 0.414. The lowest BCUT2D eigenvalue weighted by Gasteiger charge is -1.93. The summed E-state index contributed by atoms with van der Waals surface area (Å²) in [5, 5.41) is 0. The summed E-state index contributed by atoms with van der Waals surface area (Å²) in [7, 11) is 3.38. The number of hydrogen-bond acceptors (Lipinski definition) is 1. The molecule has 1 aliphatic carbocycles. The number of hydrogen-bond donors (Lipinski definition) is 0. The first-order chi connectivity index (χ1) is 5.27. The van der Waals surface area contributed by atoms with Crippen molar-refractivity contribution in [1.82, 2.24) is 4.90 Å². The summed E-state index contributed by atoms with van der Waals surface area (Å²) < 4.78 is 0. The summed E-state index contributed by atoms with van der Waals surface area (Å²) in [6.45, 7) is 0. The van der Waals surface area contributed by atoms with Crippen molar-refractivity contribution in [2.45, 2.75) is 12.8 Å². The zero-order valence-electron chi connectivity index (χ0n) is 7.16. The van der Waals surface area contributed by atoms with Crippen molar-refractivity contribution in [3.63, 3.8) is 0 Å². The van der Waals surface area contributed by atoms with Crippen molar-refractivity contribution < 1.29 is 4.79 Å². The van der Waals surface area contributed by atoms with Gasteiger partial charge in [0.2, 0.25) is 6.41 Å². The van der Waals surface area contributed by atoms with Crippen molar-refractivity contribution in [2.75, 3.05) is 14.1 Å². The van der Waals surface area contributed by atoms with Gasteiger partial charge in [-0.1, -0.05) is 24.3 Å². The number of carbonyl (C=O) groups is 1. The van der Waals surface area contributed by atoms with Crippen LogP contribution in [0, 0.1) is 0 Å². The van der Waals surface area contributed by atoms with Gasteiger partial charge in [0.15, 0.2) is 0 Å². The number of amides is 1. The average Bonchev–Trinajstić information content (AvgIpc) is 2.09. The van der Waals surface area contributed by atoms with Crippen LogP contribution < -0.4 is 0 Å². The number of allylic oxidation sites excluding steroid dienone is 4. The lowest BCUT2D eigenvalue weighted by Crippen LogP contribution is -2.06. The van der Waals surface area contributed by atoms with E-state index >= 15 is 0 Å². The Morgan fingerprint density at radius 2 is 1.36 bits per heavy atom. The van der Waals surface area contributed by atoms with Crippen molar-refractivity contribution in [3.05, 3.63) is 24.3 Å². The van der Waals surface area contributed by atoms with E-state index in [1.54, 1.807) is 14.1 Å². The summed E-state index contributed by atoms with van der Waals surface area (Å²) in [6, 6.07) is 0. The molecule has 62 valence electrons. The molecule has 0 aromatic rings. The highest BCUT2D eigenvalue weighted by Crippen LogP contribution is 1.97. The first kappa shape index (κ1) is 9.95. The van der Waals surface area contributed by atoms with Crippen LogP contribution >= 0.6 is 0 Å². The molecule has 0 bridgehead atoms. The second-order valence-corrected chi connectivity index (χ2v) is 2.48. The smallest absolute Gasteiger partial charge is 0.209 e. The minimum atomic E-state index is 0.750. The molecule has 0 saturated heterocycles. The molecule has 0 unspecified atom stereocenters. The van der Waals surface area contributed by atoms with Gasteiger partial charge in [0.25, 0.3) is 0 Å². The first-order valence-corrected chi connectivity index (χ1v) is 3.69. The fraction of sp³-hybridized carbons (Fsp3) is 0.444. The van der Waals surface area contributed by atoms with Gasteiger partial charge < -0.3 is 4.90 Å². The van der Waals surface area contributed by atoms with E-state index in [0.717, 1.165) is 19.3 Å². The molecule has 0 aromatic heterocycles. The van der Waals surface area contributed by atoms with Gasteiger partial charge in [-0.2, -0.15) is 0 Å². The lowest BCUT2D eigenvalue weighted by atomic mass is 10.2. The molecule has 0 spiro atoms. The fourth-order valence-corrected chi connectivity index (χ4v) is 0.542. The van der Waals surface area contributed by atoms with Crippen LogP contribution in [-0.4, -0.2) is 25.4 Å². The van der Waals surface area contributed by atoms with Gasteiger partial charge in [-0.15, -0.1) is 0 Å². The van der Waals surface area contributed by atoms with Crippen molar-refractivity contribution in [3.8, 4) is 0 Å². The largest absolute Gasteiger partial charge is 0.351 e. The molecular formula is C9H15NO. The summed E-state index contributed by atoms with van der Waals surface area (Å²) >= 11 is 0. The van der Waals surface area contributed by atoms with Crippen LogP contribution in [-0.2, 0) is 4.79 Å². The highest BCUT2D eigenvalue weighted by molar-refractivity contribution is 5.45. The third-order valence-corrected chi connectivity index (χ3v) is 1.09. The topological polar surface area (TPSA) is 20.3 Å². The molecule has 0 atom stereocenters. The van der Waals surface area contributed by atoms with Crippen LogP contribution in [0.1, 0.15) is 12.8 Å². The zero-order valence-corrected chi connectivity index (χ0v) is 7.16. The Morgan fingerprint density at radius 1 is 1.09 bits per heavy atom. The molecule has 11 heavy (non-hydrogen) atoms. The van der Waals surface area contributed by atoms with Gasteiger partial charge in [-0.05, 0) is 12.8 Å². The van der Waals surface area contributed by atoms with Gasteiger partial charge in [0, 0.05) is 14.1 Å². The molecule has 0 N–H and O–H groups in total. The van der Waals surface area contributed by atoms with Gasteiger partial charge in [0.1, 0.15) is 0 Å². The number of nitrogens with zero attached hydrogens (tertiary/aromatic N) is 1. The Morgan fingerprint density at radius 3 is 1.45 bits per heavy atom. The summed E-state index contributed by atoms with van der Waals surface area (Å²) in [5.74, 6) is 0. The molecule has 1 rings (SSSR count). The SMILES string of the molecule is C1=CCC=CC1.CN(C)C=O. The monoisotopic (exact) mass is 153 g/mol. The number of rotatable bonds is 1. The Hall–Kier alpha value is -1.05. The Labute approximate surface area is 68.2 Å². The molecule has 2 heteroatoms. The molecule has 1 amide bonds. The van der Waals surface area contributed by atoms with E-state index in [-0.39, 0.29) is 0 Å². The molecule has 0 aliphatic heterocycles. The standard InChI is InChI=1S/C6H8.C3H7NO/c1-2-4-6-5-3-1;1-4(2)3-5/h1-2,5-6H,3-4H2;3H,1-2H3. The zero-order chi connectivity index (χ0) is 8.53. The van der Waals surface area contributed by atoms with Gasteiger partial charge in [-0.25, -0.2) is 0 Å². The minimum absolute atomic E-state index is 0.750. The van der Waals surface area contributed by atoms with Crippen LogP contribution in [0.2, 0.25) is 0 Å². The van der Waals surface area contributed by atoms with Crippen LogP contribution in [0.5, 0.6) is 0 Å². The summed E-state index contributed by atoms with van der Waals surface area (Å²) in [4.78, 5) is 10.9. The lowest BCUT2D eigenvalue weighted by molar-refractivity contribution is -0.115. The molecular weight excluding hydrogens is 138 g/mol. The van der Waals surface area contributed by atoms with E-state index in [1.807, 2.05) is 0 Å². The highest BCUT2D eigenvalue weighted by atomic mass is 16.1. The maximum atomic E-state index is 9.43. The Balaban J connectivity index is 0.000000187. The highest BCUT2D eigenvalue weighted by Gasteiger charge is 1.76. The molecule has 0 heterocycles. The van der Waals surface area contributed by atoms with Crippen molar-refractivity contribution in [1.29, 1.82) is 0 Å². The predicted molar refractivity (Wildman–Crippen MR) is 47.3 cm³/mol. The molecule has 0 saturated carbocycles. The average molecular weight is 153 g/mol. The van der Waals surface area contributed by atoms with Crippen LogP contribution in [0.15, 0.2) is 24.3 Å². The third kappa shape index (κ3) is 8.95. The molecule has 2 nitrogen and oxygen atoms in total. The van der Waals surface area contributed by atoms with Crippen LogP contribution in [0.25, 0.3) is 0 Å². The van der Waals surface area contributed by atoms with Gasteiger partial charge in [0.05, 0.1) is 0 Å². The van der Waals surface area contributed by atoms with E-state index in [9.17, 15) is 4.79 Å². The molecule has 0 radical (unpaired) electrons. The Kier molecular flexibility index (Phi) is 6.39. The van der Waals surface area contributed by atoms with E-state index in [4.69, 9.17) is 0 Å². The third-order valence-electron chi connectivity index (χ3n) is 1.09. The van der Waals surface area contributed by atoms with Crippen LogP contribution in [0.4, 0.5) is 0 Å². The summed E-state index contributed by atoms with van der Waals surface area (Å²) in [5.41, 5.74) is 0. The van der Waals surface area contributed by atoms with Crippen molar-refractivity contribution in [2.24, 2.45) is 0 Å². The first-order valence-electron chi connectivity index (χ1n) is 3.69. The Bertz CT molecular complexity index is 128. The van der Waals surface area contributed by atoms with E-state index in [1.165, 1.54) is 4.90 Å². The predicted octanol–water partition coefficient (Wildman–Crippen LogP) is 1.60.